The third-order valence-corrected chi connectivity index (χ3v) is 3.60. The Labute approximate surface area is 116 Å². The lowest BCUT2D eigenvalue weighted by molar-refractivity contribution is 0.581. The summed E-state index contributed by atoms with van der Waals surface area (Å²) >= 11 is 0. The zero-order valence-corrected chi connectivity index (χ0v) is 12.9. The second kappa shape index (κ2) is 6.86. The Morgan fingerprint density at radius 2 is 2.05 bits per heavy atom. The summed E-state index contributed by atoms with van der Waals surface area (Å²) in [5, 5.41) is 3.31. The first kappa shape index (κ1) is 15.9. The number of aromatic nitrogens is 1. The molecule has 0 spiro atoms. The zero-order valence-electron chi connectivity index (χ0n) is 12.0. The molecule has 5 nitrogen and oxygen atoms in total. The average molecular weight is 285 g/mol. The molecule has 0 amide bonds. The summed E-state index contributed by atoms with van der Waals surface area (Å²) in [6.45, 7) is 5.34. The SMILES string of the molecule is CC(C)NCc1cccc(N(C)CCS(C)(=O)=O)n1. The lowest BCUT2D eigenvalue weighted by Gasteiger charge is -2.18. The van der Waals surface area contributed by atoms with Crippen molar-refractivity contribution in [3.05, 3.63) is 23.9 Å². The summed E-state index contributed by atoms with van der Waals surface area (Å²) in [6.07, 6.45) is 1.25. The van der Waals surface area contributed by atoms with Crippen molar-refractivity contribution < 1.29 is 8.42 Å². The molecule has 0 aliphatic carbocycles. The summed E-state index contributed by atoms with van der Waals surface area (Å²) < 4.78 is 22.3. The van der Waals surface area contributed by atoms with Crippen molar-refractivity contribution in [3.8, 4) is 0 Å². The average Bonchev–Trinajstić information content (AvgIpc) is 2.33. The third kappa shape index (κ3) is 6.54. The Bertz CT molecular complexity index is 500. The van der Waals surface area contributed by atoms with Gasteiger partial charge in [-0.15, -0.1) is 0 Å². The fraction of sp³-hybridized carbons (Fsp3) is 0.615. The Kier molecular flexibility index (Phi) is 5.75. The standard InChI is InChI=1S/C13H23N3O2S/c1-11(2)14-10-12-6-5-7-13(15-12)16(3)8-9-19(4,17)18/h5-7,11,14H,8-10H2,1-4H3. The molecule has 0 aliphatic rings. The highest BCUT2D eigenvalue weighted by Gasteiger charge is 2.08. The normalized spacial score (nSPS) is 11.8. The van der Waals surface area contributed by atoms with Gasteiger partial charge in [0, 0.05) is 32.4 Å². The number of rotatable bonds is 7. The molecule has 0 bridgehead atoms. The largest absolute Gasteiger partial charge is 0.359 e. The van der Waals surface area contributed by atoms with E-state index in [1.165, 1.54) is 6.26 Å². The van der Waals surface area contributed by atoms with E-state index in [1.54, 1.807) is 0 Å². The van der Waals surface area contributed by atoms with E-state index in [9.17, 15) is 8.42 Å². The third-order valence-electron chi connectivity index (χ3n) is 2.67. The minimum atomic E-state index is -2.94. The monoisotopic (exact) mass is 285 g/mol. The van der Waals surface area contributed by atoms with Gasteiger partial charge in [0.25, 0.3) is 0 Å². The minimum Gasteiger partial charge on any atom is -0.359 e. The van der Waals surface area contributed by atoms with Gasteiger partial charge in [-0.3, -0.25) is 0 Å². The molecule has 1 aromatic heterocycles. The molecule has 1 aromatic rings. The summed E-state index contributed by atoms with van der Waals surface area (Å²) in [7, 11) is -1.09. The number of hydrogen-bond acceptors (Lipinski definition) is 5. The van der Waals surface area contributed by atoms with Gasteiger partial charge >= 0.3 is 0 Å². The molecule has 1 rings (SSSR count). The molecule has 0 saturated carbocycles. The second-order valence-corrected chi connectivity index (χ2v) is 7.33. The summed E-state index contributed by atoms with van der Waals surface area (Å²) in [5.41, 5.74) is 0.956. The van der Waals surface area contributed by atoms with Crippen molar-refractivity contribution in [2.24, 2.45) is 0 Å². The van der Waals surface area contributed by atoms with E-state index < -0.39 is 9.84 Å². The number of anilines is 1. The van der Waals surface area contributed by atoms with E-state index in [0.717, 1.165) is 11.5 Å². The van der Waals surface area contributed by atoms with Crippen LogP contribution in [0.25, 0.3) is 0 Å². The van der Waals surface area contributed by atoms with Crippen molar-refractivity contribution in [3.63, 3.8) is 0 Å². The van der Waals surface area contributed by atoms with E-state index in [0.29, 0.717) is 19.1 Å². The van der Waals surface area contributed by atoms with E-state index in [4.69, 9.17) is 0 Å². The molecule has 19 heavy (non-hydrogen) atoms. The predicted octanol–water partition coefficient (Wildman–Crippen LogP) is 1.06. The highest BCUT2D eigenvalue weighted by atomic mass is 32.2. The number of hydrogen-bond donors (Lipinski definition) is 1. The van der Waals surface area contributed by atoms with E-state index in [1.807, 2.05) is 30.1 Å². The van der Waals surface area contributed by atoms with Crippen molar-refractivity contribution >= 4 is 15.7 Å². The molecular formula is C13H23N3O2S. The van der Waals surface area contributed by atoms with Crippen LogP contribution >= 0.6 is 0 Å². The molecule has 0 fully saturated rings. The molecule has 0 atom stereocenters. The Balaban J connectivity index is 2.64. The van der Waals surface area contributed by atoms with Crippen molar-refractivity contribution in [2.75, 3.05) is 30.5 Å². The Hall–Kier alpha value is -1.14. The van der Waals surface area contributed by atoms with Gasteiger partial charge in [-0.25, -0.2) is 13.4 Å². The van der Waals surface area contributed by atoms with Crippen LogP contribution < -0.4 is 10.2 Å². The predicted molar refractivity (Wildman–Crippen MR) is 79.2 cm³/mol. The second-order valence-electron chi connectivity index (χ2n) is 5.07. The maximum Gasteiger partial charge on any atom is 0.149 e. The quantitative estimate of drug-likeness (QED) is 0.811. The summed E-state index contributed by atoms with van der Waals surface area (Å²) in [5.74, 6) is 0.936. The van der Waals surface area contributed by atoms with Gasteiger partial charge in [0.2, 0.25) is 0 Å². The van der Waals surface area contributed by atoms with Crippen LogP contribution in [0.1, 0.15) is 19.5 Å². The van der Waals surface area contributed by atoms with Crippen LogP contribution in [0.4, 0.5) is 5.82 Å². The topological polar surface area (TPSA) is 62.3 Å². The minimum absolute atomic E-state index is 0.139. The van der Waals surface area contributed by atoms with Gasteiger partial charge in [0.1, 0.15) is 15.7 Å². The van der Waals surface area contributed by atoms with Gasteiger partial charge in [0.05, 0.1) is 11.4 Å². The van der Waals surface area contributed by atoms with E-state index in [-0.39, 0.29) is 5.75 Å². The molecule has 0 aromatic carbocycles. The molecule has 6 heteroatoms. The van der Waals surface area contributed by atoms with Crippen LogP contribution in [0.15, 0.2) is 18.2 Å². The van der Waals surface area contributed by atoms with Crippen LogP contribution in [0, 0.1) is 0 Å². The van der Waals surface area contributed by atoms with Crippen molar-refractivity contribution in [1.82, 2.24) is 10.3 Å². The van der Waals surface area contributed by atoms with Gasteiger partial charge in [-0.05, 0) is 12.1 Å². The maximum absolute atomic E-state index is 11.2. The van der Waals surface area contributed by atoms with Gasteiger partial charge in [-0.1, -0.05) is 19.9 Å². The lowest BCUT2D eigenvalue weighted by atomic mass is 10.3. The fourth-order valence-electron chi connectivity index (χ4n) is 1.50. The van der Waals surface area contributed by atoms with Crippen LogP contribution in [0.3, 0.4) is 0 Å². The number of pyridine rings is 1. The van der Waals surface area contributed by atoms with Crippen LogP contribution in [-0.4, -0.2) is 45.0 Å². The van der Waals surface area contributed by atoms with E-state index in [2.05, 4.69) is 24.1 Å². The van der Waals surface area contributed by atoms with Crippen LogP contribution in [-0.2, 0) is 16.4 Å². The molecule has 108 valence electrons. The molecule has 0 saturated heterocycles. The van der Waals surface area contributed by atoms with Crippen molar-refractivity contribution in [1.29, 1.82) is 0 Å². The molecule has 0 radical (unpaired) electrons. The summed E-state index contributed by atoms with van der Waals surface area (Å²) in [6, 6.07) is 6.20. The Morgan fingerprint density at radius 1 is 1.37 bits per heavy atom. The smallest absolute Gasteiger partial charge is 0.149 e. The zero-order chi connectivity index (χ0) is 14.5. The van der Waals surface area contributed by atoms with Gasteiger partial charge in [-0.2, -0.15) is 0 Å². The Morgan fingerprint density at radius 3 is 2.63 bits per heavy atom. The molecule has 0 unspecified atom stereocenters. The first-order chi connectivity index (χ1) is 8.78. The van der Waals surface area contributed by atoms with Crippen molar-refractivity contribution in [2.45, 2.75) is 26.4 Å². The highest BCUT2D eigenvalue weighted by molar-refractivity contribution is 7.90. The molecule has 1 N–H and O–H groups in total. The number of nitrogens with zero attached hydrogens (tertiary/aromatic N) is 2. The lowest BCUT2D eigenvalue weighted by Crippen LogP contribution is -2.26. The molecule has 0 aliphatic heterocycles. The first-order valence-electron chi connectivity index (χ1n) is 6.36. The fourth-order valence-corrected chi connectivity index (χ4v) is 2.11. The number of sulfone groups is 1. The molecular weight excluding hydrogens is 262 g/mol. The van der Waals surface area contributed by atoms with Crippen LogP contribution in [0.5, 0.6) is 0 Å². The van der Waals surface area contributed by atoms with Gasteiger partial charge < -0.3 is 10.2 Å². The highest BCUT2D eigenvalue weighted by Crippen LogP contribution is 2.09. The van der Waals surface area contributed by atoms with Gasteiger partial charge in [0.15, 0.2) is 0 Å². The molecule has 1 heterocycles. The number of nitrogens with one attached hydrogen (secondary N) is 1. The maximum atomic E-state index is 11.2. The summed E-state index contributed by atoms with van der Waals surface area (Å²) in [4.78, 5) is 6.37. The van der Waals surface area contributed by atoms with Crippen LogP contribution in [0.2, 0.25) is 0 Å². The first-order valence-corrected chi connectivity index (χ1v) is 8.42. The van der Waals surface area contributed by atoms with E-state index >= 15 is 0 Å².